The molecule has 0 N–H and O–H groups in total. The fourth-order valence-electron chi connectivity index (χ4n) is 2.40. The SMILES string of the molecule is Cc1ccc2nc(C)c3c(c2c1)O[C@H](CBr)C3. The van der Waals surface area contributed by atoms with Crippen LogP contribution < -0.4 is 4.74 Å². The molecule has 0 spiro atoms. The molecule has 0 saturated carbocycles. The number of fused-ring (bicyclic) bond motifs is 3. The minimum absolute atomic E-state index is 0.247. The first-order valence-corrected chi connectivity index (χ1v) is 6.93. The van der Waals surface area contributed by atoms with Crippen LogP contribution in [0.4, 0.5) is 0 Å². The van der Waals surface area contributed by atoms with E-state index >= 15 is 0 Å². The van der Waals surface area contributed by atoms with Gasteiger partial charge in [0.05, 0.1) is 5.52 Å². The highest BCUT2D eigenvalue weighted by atomic mass is 79.9. The molecular weight excluding hydrogens is 278 g/mol. The van der Waals surface area contributed by atoms with Crippen molar-refractivity contribution in [2.45, 2.75) is 26.4 Å². The average molecular weight is 292 g/mol. The molecule has 3 rings (SSSR count). The Bertz CT molecular complexity index is 594. The lowest BCUT2D eigenvalue weighted by Crippen LogP contribution is -2.13. The number of benzene rings is 1. The van der Waals surface area contributed by atoms with Crippen LogP contribution in [0.25, 0.3) is 10.9 Å². The second-order valence-electron chi connectivity index (χ2n) is 4.62. The number of aromatic nitrogens is 1. The molecule has 17 heavy (non-hydrogen) atoms. The normalized spacial score (nSPS) is 18.2. The molecule has 1 atom stereocenters. The molecule has 0 aliphatic carbocycles. The van der Waals surface area contributed by atoms with E-state index in [1.807, 2.05) is 0 Å². The summed E-state index contributed by atoms with van der Waals surface area (Å²) in [6, 6.07) is 6.33. The molecule has 0 bridgehead atoms. The third kappa shape index (κ3) is 1.73. The lowest BCUT2D eigenvalue weighted by atomic mass is 10.0. The van der Waals surface area contributed by atoms with Gasteiger partial charge in [-0.3, -0.25) is 4.98 Å². The summed E-state index contributed by atoms with van der Waals surface area (Å²) in [5, 5.41) is 2.02. The number of alkyl halides is 1. The van der Waals surface area contributed by atoms with Crippen molar-refractivity contribution in [1.29, 1.82) is 0 Å². The van der Waals surface area contributed by atoms with Crippen molar-refractivity contribution in [1.82, 2.24) is 4.98 Å². The first-order valence-electron chi connectivity index (χ1n) is 5.81. The Morgan fingerprint density at radius 1 is 1.41 bits per heavy atom. The smallest absolute Gasteiger partial charge is 0.134 e. The van der Waals surface area contributed by atoms with Crippen LogP contribution in [0.3, 0.4) is 0 Å². The minimum Gasteiger partial charge on any atom is -0.488 e. The molecule has 1 aliphatic rings. The van der Waals surface area contributed by atoms with E-state index < -0.39 is 0 Å². The van der Waals surface area contributed by atoms with Gasteiger partial charge in [-0.25, -0.2) is 0 Å². The van der Waals surface area contributed by atoms with Crippen molar-refractivity contribution in [3.8, 4) is 5.75 Å². The lowest BCUT2D eigenvalue weighted by Gasteiger charge is -2.09. The summed E-state index contributed by atoms with van der Waals surface area (Å²) in [4.78, 5) is 4.66. The summed E-state index contributed by atoms with van der Waals surface area (Å²) in [7, 11) is 0. The summed E-state index contributed by atoms with van der Waals surface area (Å²) in [5.41, 5.74) is 4.64. The van der Waals surface area contributed by atoms with Crippen molar-refractivity contribution in [3.63, 3.8) is 0 Å². The Kier molecular flexibility index (Phi) is 2.58. The monoisotopic (exact) mass is 291 g/mol. The summed E-state index contributed by atoms with van der Waals surface area (Å²) in [6.07, 6.45) is 1.21. The first kappa shape index (κ1) is 11.0. The van der Waals surface area contributed by atoms with Gasteiger partial charge in [-0.1, -0.05) is 27.6 Å². The third-order valence-corrected chi connectivity index (χ3v) is 4.01. The largest absolute Gasteiger partial charge is 0.488 e. The highest BCUT2D eigenvalue weighted by Gasteiger charge is 2.26. The van der Waals surface area contributed by atoms with Crippen molar-refractivity contribution in [2.75, 3.05) is 5.33 Å². The predicted molar refractivity (Wildman–Crippen MR) is 73.1 cm³/mol. The molecular formula is C14H14BrNO. The van der Waals surface area contributed by atoms with Crippen molar-refractivity contribution < 1.29 is 4.74 Å². The van der Waals surface area contributed by atoms with Gasteiger partial charge in [-0.15, -0.1) is 0 Å². The van der Waals surface area contributed by atoms with Crippen LogP contribution in [0.1, 0.15) is 16.8 Å². The summed E-state index contributed by atoms with van der Waals surface area (Å²) < 4.78 is 6.02. The molecule has 0 fully saturated rings. The number of pyridine rings is 1. The topological polar surface area (TPSA) is 22.1 Å². The van der Waals surface area contributed by atoms with E-state index in [0.717, 1.165) is 34.1 Å². The molecule has 3 heteroatoms. The fourth-order valence-corrected chi connectivity index (χ4v) is 2.76. The van der Waals surface area contributed by atoms with Gasteiger partial charge < -0.3 is 4.74 Å². The molecule has 1 aromatic carbocycles. The van der Waals surface area contributed by atoms with Gasteiger partial charge in [0.15, 0.2) is 0 Å². The highest BCUT2D eigenvalue weighted by molar-refractivity contribution is 9.09. The van der Waals surface area contributed by atoms with E-state index in [-0.39, 0.29) is 6.10 Å². The number of ether oxygens (including phenoxy) is 1. The number of hydrogen-bond donors (Lipinski definition) is 0. The van der Waals surface area contributed by atoms with Gasteiger partial charge in [0.2, 0.25) is 0 Å². The van der Waals surface area contributed by atoms with Gasteiger partial charge >= 0.3 is 0 Å². The van der Waals surface area contributed by atoms with Crippen molar-refractivity contribution in [2.24, 2.45) is 0 Å². The Morgan fingerprint density at radius 2 is 2.24 bits per heavy atom. The van der Waals surface area contributed by atoms with E-state index in [1.54, 1.807) is 0 Å². The molecule has 2 aromatic rings. The molecule has 0 radical (unpaired) electrons. The second kappa shape index (κ2) is 3.98. The Hall–Kier alpha value is -1.09. The third-order valence-electron chi connectivity index (χ3n) is 3.28. The van der Waals surface area contributed by atoms with Gasteiger partial charge in [0.1, 0.15) is 11.9 Å². The van der Waals surface area contributed by atoms with Crippen LogP contribution in [0.15, 0.2) is 18.2 Å². The van der Waals surface area contributed by atoms with Gasteiger partial charge in [-0.2, -0.15) is 0 Å². The van der Waals surface area contributed by atoms with Crippen LogP contribution in [0, 0.1) is 13.8 Å². The Morgan fingerprint density at radius 3 is 3.00 bits per heavy atom. The number of halogens is 1. The van der Waals surface area contributed by atoms with Gasteiger partial charge in [0, 0.05) is 28.4 Å². The summed E-state index contributed by atoms with van der Waals surface area (Å²) in [5.74, 6) is 1.04. The molecule has 2 nitrogen and oxygen atoms in total. The summed E-state index contributed by atoms with van der Waals surface area (Å²) >= 11 is 3.49. The maximum Gasteiger partial charge on any atom is 0.134 e. The lowest BCUT2D eigenvalue weighted by molar-refractivity contribution is 0.263. The van der Waals surface area contributed by atoms with Gasteiger partial charge in [0.25, 0.3) is 0 Å². The van der Waals surface area contributed by atoms with Crippen LogP contribution in [0.2, 0.25) is 0 Å². The van der Waals surface area contributed by atoms with E-state index in [1.165, 1.54) is 11.1 Å². The van der Waals surface area contributed by atoms with Crippen molar-refractivity contribution in [3.05, 3.63) is 35.0 Å². The van der Waals surface area contributed by atoms with Gasteiger partial charge in [-0.05, 0) is 26.0 Å². The second-order valence-corrected chi connectivity index (χ2v) is 5.27. The van der Waals surface area contributed by atoms with Crippen LogP contribution in [-0.4, -0.2) is 16.4 Å². The Balaban J connectivity index is 2.28. The van der Waals surface area contributed by atoms with Crippen LogP contribution in [-0.2, 0) is 6.42 Å². The molecule has 0 saturated heterocycles. The van der Waals surface area contributed by atoms with E-state index in [2.05, 4.69) is 53.0 Å². The molecule has 1 aromatic heterocycles. The zero-order valence-electron chi connectivity index (χ0n) is 9.96. The molecule has 88 valence electrons. The zero-order valence-corrected chi connectivity index (χ0v) is 11.5. The van der Waals surface area contributed by atoms with Crippen LogP contribution in [0.5, 0.6) is 5.75 Å². The average Bonchev–Trinajstić information content (AvgIpc) is 2.75. The maximum atomic E-state index is 6.02. The molecule has 0 amide bonds. The number of nitrogens with zero attached hydrogens (tertiary/aromatic N) is 1. The number of aryl methyl sites for hydroxylation is 2. The van der Waals surface area contributed by atoms with E-state index in [0.29, 0.717) is 0 Å². The summed E-state index contributed by atoms with van der Waals surface area (Å²) in [6.45, 7) is 4.17. The minimum atomic E-state index is 0.247. The maximum absolute atomic E-state index is 6.02. The molecule has 0 unspecified atom stereocenters. The van der Waals surface area contributed by atoms with Crippen molar-refractivity contribution >= 4 is 26.8 Å². The quantitative estimate of drug-likeness (QED) is 0.750. The molecule has 2 heterocycles. The standard InChI is InChI=1S/C14H14BrNO/c1-8-3-4-13-12(5-8)14-11(9(2)16-13)6-10(7-15)17-14/h3-5,10H,6-7H2,1-2H3/t10-/m0/s1. The van der Waals surface area contributed by atoms with E-state index in [4.69, 9.17) is 4.74 Å². The molecule has 1 aliphatic heterocycles. The zero-order chi connectivity index (χ0) is 12.0. The number of rotatable bonds is 1. The Labute approximate surface area is 109 Å². The first-order chi connectivity index (χ1) is 8.19. The predicted octanol–water partition coefficient (Wildman–Crippen LogP) is 3.55. The van der Waals surface area contributed by atoms with E-state index in [9.17, 15) is 0 Å². The fraction of sp³-hybridized carbons (Fsp3) is 0.357. The van der Waals surface area contributed by atoms with Crippen LogP contribution >= 0.6 is 15.9 Å². The highest BCUT2D eigenvalue weighted by Crippen LogP contribution is 2.37. The number of hydrogen-bond acceptors (Lipinski definition) is 2.